The van der Waals surface area contributed by atoms with Crippen LogP contribution >= 0.6 is 15.9 Å². The molecule has 122 valence electrons. The highest BCUT2D eigenvalue weighted by Crippen LogP contribution is 2.23. The SMILES string of the molecule is CCCCN(C)C(=O)c1cc(Nc2ccc(C)c(Br)c2)ccn1. The van der Waals surface area contributed by atoms with Crippen molar-refractivity contribution in [1.82, 2.24) is 9.88 Å². The molecular formula is C18H22BrN3O. The van der Waals surface area contributed by atoms with Gasteiger partial charge < -0.3 is 10.2 Å². The van der Waals surface area contributed by atoms with E-state index >= 15 is 0 Å². The third kappa shape index (κ3) is 4.79. The Bertz CT molecular complexity index is 688. The normalized spacial score (nSPS) is 10.4. The van der Waals surface area contributed by atoms with E-state index in [1.165, 1.54) is 5.56 Å². The quantitative estimate of drug-likeness (QED) is 0.790. The van der Waals surface area contributed by atoms with E-state index in [9.17, 15) is 4.79 Å². The molecule has 0 aliphatic heterocycles. The number of hydrogen-bond donors (Lipinski definition) is 1. The van der Waals surface area contributed by atoms with Crippen molar-refractivity contribution in [3.63, 3.8) is 0 Å². The van der Waals surface area contributed by atoms with Crippen LogP contribution in [0.3, 0.4) is 0 Å². The fraction of sp³-hybridized carbons (Fsp3) is 0.333. The average molecular weight is 376 g/mol. The molecule has 1 N–H and O–H groups in total. The fourth-order valence-corrected chi connectivity index (χ4v) is 2.53. The Hall–Kier alpha value is -1.88. The molecule has 0 atom stereocenters. The molecule has 0 fully saturated rings. The third-order valence-corrected chi connectivity index (χ3v) is 4.49. The Morgan fingerprint density at radius 3 is 2.70 bits per heavy atom. The molecule has 23 heavy (non-hydrogen) atoms. The number of benzene rings is 1. The number of halogens is 1. The summed E-state index contributed by atoms with van der Waals surface area (Å²) in [7, 11) is 1.82. The first kappa shape index (κ1) is 17.5. The van der Waals surface area contributed by atoms with Crippen LogP contribution in [-0.4, -0.2) is 29.4 Å². The van der Waals surface area contributed by atoms with Crippen LogP contribution < -0.4 is 5.32 Å². The van der Waals surface area contributed by atoms with Gasteiger partial charge in [-0.1, -0.05) is 35.3 Å². The predicted octanol–water partition coefficient (Wildman–Crippen LogP) is 4.77. The van der Waals surface area contributed by atoms with Crippen LogP contribution in [0.15, 0.2) is 41.0 Å². The van der Waals surface area contributed by atoms with Gasteiger partial charge in [0.25, 0.3) is 5.91 Å². The lowest BCUT2D eigenvalue weighted by atomic mass is 10.2. The Labute approximate surface area is 146 Å². The number of nitrogens with zero attached hydrogens (tertiary/aromatic N) is 2. The predicted molar refractivity (Wildman–Crippen MR) is 98.3 cm³/mol. The monoisotopic (exact) mass is 375 g/mol. The summed E-state index contributed by atoms with van der Waals surface area (Å²) in [5.41, 5.74) is 3.45. The largest absolute Gasteiger partial charge is 0.355 e. The van der Waals surface area contributed by atoms with E-state index in [4.69, 9.17) is 0 Å². The van der Waals surface area contributed by atoms with Crippen molar-refractivity contribution in [2.75, 3.05) is 18.9 Å². The van der Waals surface area contributed by atoms with Crippen molar-refractivity contribution >= 4 is 33.2 Å². The lowest BCUT2D eigenvalue weighted by Crippen LogP contribution is -2.28. The van der Waals surface area contributed by atoms with Gasteiger partial charge in [0.1, 0.15) is 5.69 Å². The summed E-state index contributed by atoms with van der Waals surface area (Å²) >= 11 is 3.53. The van der Waals surface area contributed by atoms with Gasteiger partial charge in [-0.05, 0) is 43.2 Å². The molecule has 0 aliphatic rings. The van der Waals surface area contributed by atoms with Crippen LogP contribution in [-0.2, 0) is 0 Å². The van der Waals surface area contributed by atoms with Gasteiger partial charge in [-0.2, -0.15) is 0 Å². The molecule has 0 saturated heterocycles. The second-order valence-corrected chi connectivity index (χ2v) is 6.45. The van der Waals surface area contributed by atoms with E-state index < -0.39 is 0 Å². The minimum Gasteiger partial charge on any atom is -0.355 e. The molecule has 0 unspecified atom stereocenters. The van der Waals surface area contributed by atoms with Gasteiger partial charge in [0.2, 0.25) is 0 Å². The summed E-state index contributed by atoms with van der Waals surface area (Å²) in [6.45, 7) is 4.91. The number of pyridine rings is 1. The standard InChI is InChI=1S/C18H22BrN3O/c1-4-5-10-22(3)18(23)17-12-15(8-9-20-17)21-14-7-6-13(2)16(19)11-14/h6-9,11-12H,4-5,10H2,1-3H3,(H,20,21). The highest BCUT2D eigenvalue weighted by molar-refractivity contribution is 9.10. The summed E-state index contributed by atoms with van der Waals surface area (Å²) in [4.78, 5) is 18.3. The minimum absolute atomic E-state index is 0.0489. The molecule has 0 saturated carbocycles. The number of carbonyl (C=O) groups is 1. The third-order valence-electron chi connectivity index (χ3n) is 3.63. The molecule has 2 rings (SSSR count). The zero-order valence-electron chi connectivity index (χ0n) is 13.8. The molecule has 0 aliphatic carbocycles. The topological polar surface area (TPSA) is 45.2 Å². The molecule has 1 aromatic heterocycles. The number of hydrogen-bond acceptors (Lipinski definition) is 3. The van der Waals surface area contributed by atoms with Crippen molar-refractivity contribution in [2.24, 2.45) is 0 Å². The van der Waals surface area contributed by atoms with Crippen LogP contribution in [0.1, 0.15) is 35.8 Å². The Morgan fingerprint density at radius 1 is 1.26 bits per heavy atom. The maximum absolute atomic E-state index is 12.4. The van der Waals surface area contributed by atoms with E-state index in [2.05, 4.69) is 33.2 Å². The Balaban J connectivity index is 2.13. The molecule has 4 nitrogen and oxygen atoms in total. The first-order chi connectivity index (χ1) is 11.0. The Morgan fingerprint density at radius 2 is 2.00 bits per heavy atom. The number of anilines is 2. The molecule has 0 bridgehead atoms. The average Bonchev–Trinajstić information content (AvgIpc) is 2.55. The van der Waals surface area contributed by atoms with Crippen molar-refractivity contribution in [3.05, 3.63) is 52.3 Å². The van der Waals surface area contributed by atoms with Crippen molar-refractivity contribution in [3.8, 4) is 0 Å². The number of carbonyl (C=O) groups excluding carboxylic acids is 1. The van der Waals surface area contributed by atoms with Crippen molar-refractivity contribution in [1.29, 1.82) is 0 Å². The first-order valence-electron chi connectivity index (χ1n) is 7.76. The van der Waals surface area contributed by atoms with Crippen LogP contribution in [0.2, 0.25) is 0 Å². The second kappa shape index (κ2) is 8.11. The van der Waals surface area contributed by atoms with E-state index in [0.717, 1.165) is 35.2 Å². The van der Waals surface area contributed by atoms with Gasteiger partial charge in [-0.3, -0.25) is 9.78 Å². The molecule has 1 amide bonds. The molecule has 5 heteroatoms. The van der Waals surface area contributed by atoms with Crippen LogP contribution in [0.25, 0.3) is 0 Å². The maximum atomic E-state index is 12.4. The lowest BCUT2D eigenvalue weighted by Gasteiger charge is -2.16. The summed E-state index contributed by atoms with van der Waals surface area (Å²) < 4.78 is 1.05. The number of aryl methyl sites for hydroxylation is 1. The number of aromatic nitrogens is 1. The maximum Gasteiger partial charge on any atom is 0.272 e. The van der Waals surface area contributed by atoms with Gasteiger partial charge in [0.05, 0.1) is 0 Å². The van der Waals surface area contributed by atoms with Crippen LogP contribution in [0, 0.1) is 6.92 Å². The van der Waals surface area contributed by atoms with Crippen molar-refractivity contribution < 1.29 is 4.79 Å². The zero-order chi connectivity index (χ0) is 16.8. The molecule has 2 aromatic rings. The lowest BCUT2D eigenvalue weighted by molar-refractivity contribution is 0.0787. The summed E-state index contributed by atoms with van der Waals surface area (Å²) in [6.07, 6.45) is 3.72. The van der Waals surface area contributed by atoms with Crippen molar-refractivity contribution in [2.45, 2.75) is 26.7 Å². The summed E-state index contributed by atoms with van der Waals surface area (Å²) in [5.74, 6) is -0.0489. The van der Waals surface area contributed by atoms with E-state index in [1.54, 1.807) is 17.2 Å². The van der Waals surface area contributed by atoms with E-state index in [-0.39, 0.29) is 5.91 Å². The number of nitrogens with one attached hydrogen (secondary N) is 1. The summed E-state index contributed by atoms with van der Waals surface area (Å²) in [6, 6.07) is 9.72. The van der Waals surface area contributed by atoms with Gasteiger partial charge in [-0.15, -0.1) is 0 Å². The minimum atomic E-state index is -0.0489. The number of unbranched alkanes of at least 4 members (excludes halogenated alkanes) is 1. The second-order valence-electron chi connectivity index (χ2n) is 5.60. The highest BCUT2D eigenvalue weighted by atomic mass is 79.9. The smallest absolute Gasteiger partial charge is 0.272 e. The van der Waals surface area contributed by atoms with Gasteiger partial charge in [0, 0.05) is 35.6 Å². The molecule has 1 heterocycles. The van der Waals surface area contributed by atoms with E-state index in [0.29, 0.717) is 5.69 Å². The molecular weight excluding hydrogens is 354 g/mol. The fourth-order valence-electron chi connectivity index (χ4n) is 2.15. The number of rotatable bonds is 6. The zero-order valence-corrected chi connectivity index (χ0v) is 15.4. The van der Waals surface area contributed by atoms with Gasteiger partial charge in [-0.25, -0.2) is 0 Å². The van der Waals surface area contributed by atoms with Crippen LogP contribution in [0.5, 0.6) is 0 Å². The molecule has 0 spiro atoms. The molecule has 0 radical (unpaired) electrons. The summed E-state index contributed by atoms with van der Waals surface area (Å²) in [5, 5.41) is 3.31. The van der Waals surface area contributed by atoms with E-state index in [1.807, 2.05) is 38.2 Å². The van der Waals surface area contributed by atoms with Gasteiger partial charge in [0.15, 0.2) is 0 Å². The Kier molecular flexibility index (Phi) is 6.16. The number of amides is 1. The molecule has 1 aromatic carbocycles. The van der Waals surface area contributed by atoms with Crippen LogP contribution in [0.4, 0.5) is 11.4 Å². The van der Waals surface area contributed by atoms with Gasteiger partial charge >= 0.3 is 0 Å². The first-order valence-corrected chi connectivity index (χ1v) is 8.55. The highest BCUT2D eigenvalue weighted by Gasteiger charge is 2.13.